The Bertz CT molecular complexity index is 3600. The van der Waals surface area contributed by atoms with Crippen LogP contribution < -0.4 is 4.90 Å². The Balaban J connectivity index is 1.05. The van der Waals surface area contributed by atoms with Crippen molar-refractivity contribution in [2.24, 2.45) is 0 Å². The number of aromatic nitrogens is 2. The minimum absolute atomic E-state index is 0.0878. The van der Waals surface area contributed by atoms with Gasteiger partial charge in [0.25, 0.3) is 0 Å². The second-order valence-electron chi connectivity index (χ2n) is 15.6. The van der Waals surface area contributed by atoms with E-state index in [1.165, 1.54) is 48.6 Å². The van der Waals surface area contributed by atoms with Crippen molar-refractivity contribution in [1.29, 1.82) is 0 Å². The van der Waals surface area contributed by atoms with Crippen molar-refractivity contribution in [3.8, 4) is 33.8 Å². The number of hydrogen-bond acceptors (Lipinski definition) is 5. The Hall–Kier alpha value is -7.34. The van der Waals surface area contributed by atoms with Crippen molar-refractivity contribution < 1.29 is 4.42 Å². The monoisotopic (exact) mass is 771 g/mol. The summed E-state index contributed by atoms with van der Waals surface area (Å²) in [6.07, 6.45) is 9.09. The predicted octanol–water partition coefficient (Wildman–Crippen LogP) is 14.8. The molecule has 2 atom stereocenters. The highest BCUT2D eigenvalue weighted by Gasteiger charge is 2.40. The molecule has 0 saturated carbocycles. The summed E-state index contributed by atoms with van der Waals surface area (Å²) >= 11 is 1.76. The molecule has 3 aromatic heterocycles. The lowest BCUT2D eigenvalue weighted by Crippen LogP contribution is -2.28. The van der Waals surface area contributed by atoms with Crippen molar-refractivity contribution in [3.63, 3.8) is 0 Å². The van der Waals surface area contributed by atoms with Crippen molar-refractivity contribution in [3.05, 3.63) is 194 Å². The molecule has 0 amide bonds. The van der Waals surface area contributed by atoms with Gasteiger partial charge in [-0.25, -0.2) is 9.97 Å². The molecular formula is C54H33N3OS. The molecule has 4 heterocycles. The van der Waals surface area contributed by atoms with Gasteiger partial charge in [0.15, 0.2) is 11.4 Å². The fourth-order valence-corrected chi connectivity index (χ4v) is 11.0. The van der Waals surface area contributed by atoms with Crippen molar-refractivity contribution in [2.75, 3.05) is 4.90 Å². The average molecular weight is 772 g/mol. The molecular weight excluding hydrogens is 739 g/mol. The van der Waals surface area contributed by atoms with Gasteiger partial charge >= 0.3 is 0 Å². The minimum Gasteiger partial charge on any atom is -0.454 e. The van der Waals surface area contributed by atoms with Crippen LogP contribution >= 0.6 is 11.3 Å². The van der Waals surface area contributed by atoms with Gasteiger partial charge in [0, 0.05) is 43.6 Å². The quantitative estimate of drug-likeness (QED) is 0.179. The van der Waals surface area contributed by atoms with E-state index in [1.807, 2.05) is 0 Å². The van der Waals surface area contributed by atoms with Crippen LogP contribution in [0.5, 0.6) is 0 Å². The van der Waals surface area contributed by atoms with E-state index in [0.717, 1.165) is 60.0 Å². The molecule has 2 unspecified atom stereocenters. The number of rotatable bonds is 4. The number of benzene rings is 8. The van der Waals surface area contributed by atoms with Crippen LogP contribution in [0.1, 0.15) is 11.5 Å². The zero-order valence-corrected chi connectivity index (χ0v) is 32.5. The van der Waals surface area contributed by atoms with Gasteiger partial charge in [0.2, 0.25) is 0 Å². The third-order valence-electron chi connectivity index (χ3n) is 12.4. The molecule has 13 rings (SSSR count). The van der Waals surface area contributed by atoms with Crippen LogP contribution in [0.25, 0.3) is 97.6 Å². The maximum Gasteiger partial charge on any atom is 0.161 e. The molecule has 2 aliphatic rings. The molecule has 5 heteroatoms. The number of hydrogen-bond donors (Lipinski definition) is 0. The van der Waals surface area contributed by atoms with Crippen molar-refractivity contribution in [2.45, 2.75) is 12.0 Å². The summed E-state index contributed by atoms with van der Waals surface area (Å²) in [5.74, 6) is 0.878. The first-order valence-corrected chi connectivity index (χ1v) is 21.0. The number of fused-ring (bicyclic) bond motifs is 12. The van der Waals surface area contributed by atoms with E-state index >= 15 is 0 Å². The van der Waals surface area contributed by atoms with Gasteiger partial charge in [0.05, 0.1) is 27.6 Å². The first-order valence-electron chi connectivity index (χ1n) is 20.2. The van der Waals surface area contributed by atoms with Gasteiger partial charge in [-0.1, -0.05) is 158 Å². The van der Waals surface area contributed by atoms with E-state index in [4.69, 9.17) is 14.4 Å². The SMILES string of the molecule is C1=CC2c3c(cc(-c4ccccc4)c4ccccc34)N(c3cccc4c3oc3cccc(-c5nc(-c6ccc7ccccc7c6)c6sc7ccccc7c6n5)c34)C2C=C1. The molecule has 276 valence electrons. The Kier molecular flexibility index (Phi) is 6.97. The van der Waals surface area contributed by atoms with Gasteiger partial charge in [-0.05, 0) is 68.6 Å². The van der Waals surface area contributed by atoms with E-state index in [9.17, 15) is 0 Å². The molecule has 0 bridgehead atoms. The molecule has 59 heavy (non-hydrogen) atoms. The van der Waals surface area contributed by atoms with Crippen LogP contribution in [-0.4, -0.2) is 16.0 Å². The van der Waals surface area contributed by atoms with Crippen LogP contribution in [-0.2, 0) is 0 Å². The summed E-state index contributed by atoms with van der Waals surface area (Å²) in [5.41, 5.74) is 11.7. The fraction of sp³-hybridized carbons (Fsp3) is 0.0370. The van der Waals surface area contributed by atoms with Crippen LogP contribution in [0, 0.1) is 0 Å². The summed E-state index contributed by atoms with van der Waals surface area (Å²) in [6, 6.07) is 58.8. The summed E-state index contributed by atoms with van der Waals surface area (Å²) < 4.78 is 9.32. The summed E-state index contributed by atoms with van der Waals surface area (Å²) in [5, 5.41) is 8.16. The van der Waals surface area contributed by atoms with Crippen LogP contribution in [0.2, 0.25) is 0 Å². The third-order valence-corrected chi connectivity index (χ3v) is 13.6. The highest BCUT2D eigenvalue weighted by molar-refractivity contribution is 7.26. The number of thiophene rings is 1. The van der Waals surface area contributed by atoms with E-state index in [2.05, 4.69) is 193 Å². The maximum atomic E-state index is 7.02. The fourth-order valence-electron chi connectivity index (χ4n) is 9.80. The van der Waals surface area contributed by atoms with Gasteiger partial charge in [-0.15, -0.1) is 11.3 Å². The zero-order chi connectivity index (χ0) is 38.6. The number of para-hydroxylation sites is 1. The van der Waals surface area contributed by atoms with Crippen LogP contribution in [0.4, 0.5) is 11.4 Å². The molecule has 1 aliphatic heterocycles. The van der Waals surface area contributed by atoms with E-state index in [1.54, 1.807) is 11.3 Å². The minimum atomic E-state index is 0.0878. The summed E-state index contributed by atoms with van der Waals surface area (Å²) in [4.78, 5) is 13.4. The van der Waals surface area contributed by atoms with E-state index in [0.29, 0.717) is 5.82 Å². The van der Waals surface area contributed by atoms with Crippen molar-refractivity contribution >= 4 is 86.5 Å². The molecule has 1 aliphatic carbocycles. The molecule has 8 aromatic carbocycles. The van der Waals surface area contributed by atoms with Gasteiger partial charge in [-0.3, -0.25) is 0 Å². The molecule has 0 spiro atoms. The molecule has 0 saturated heterocycles. The molecule has 0 fully saturated rings. The van der Waals surface area contributed by atoms with Gasteiger partial charge < -0.3 is 9.32 Å². The van der Waals surface area contributed by atoms with Crippen LogP contribution in [0.15, 0.2) is 193 Å². The standard InChI is InChI=1S/C54H33N3OS/c1-2-15-33(16-3-1)42-31-45-48(37-19-7-6-18-36(37)42)38-20-8-10-24-43(38)57(45)44-25-12-22-40-49-41(23-13-26-46(49)58-52(40)44)54-55-50(35-29-28-32-14-4-5-17-34(32)30-35)53-51(56-54)39-21-9-11-27-47(39)59-53/h1-31,38,43H. The lowest BCUT2D eigenvalue weighted by Gasteiger charge is -2.28. The summed E-state index contributed by atoms with van der Waals surface area (Å²) in [7, 11) is 0. The number of anilines is 2. The lowest BCUT2D eigenvalue weighted by atomic mass is 9.86. The molecule has 0 radical (unpaired) electrons. The maximum absolute atomic E-state index is 7.02. The second-order valence-corrected chi connectivity index (χ2v) is 16.6. The van der Waals surface area contributed by atoms with Gasteiger partial charge in [-0.2, -0.15) is 0 Å². The van der Waals surface area contributed by atoms with E-state index < -0.39 is 0 Å². The smallest absolute Gasteiger partial charge is 0.161 e. The zero-order valence-electron chi connectivity index (χ0n) is 31.7. The van der Waals surface area contributed by atoms with E-state index in [-0.39, 0.29) is 12.0 Å². The Labute approximate surface area is 343 Å². The molecule has 0 N–H and O–H groups in total. The normalized spacial score (nSPS) is 16.0. The highest BCUT2D eigenvalue weighted by Crippen LogP contribution is 2.54. The van der Waals surface area contributed by atoms with Crippen LogP contribution in [0.3, 0.4) is 0 Å². The molecule has 11 aromatic rings. The topological polar surface area (TPSA) is 42.2 Å². The number of furan rings is 1. The Morgan fingerprint density at radius 3 is 2.22 bits per heavy atom. The predicted molar refractivity (Wildman–Crippen MR) is 247 cm³/mol. The highest BCUT2D eigenvalue weighted by atomic mass is 32.1. The Morgan fingerprint density at radius 2 is 1.31 bits per heavy atom. The van der Waals surface area contributed by atoms with Gasteiger partial charge in [0.1, 0.15) is 5.58 Å². The Morgan fingerprint density at radius 1 is 0.542 bits per heavy atom. The average Bonchev–Trinajstić information content (AvgIpc) is 3.98. The molecule has 4 nitrogen and oxygen atoms in total. The first-order chi connectivity index (χ1) is 29.3. The number of nitrogens with zero attached hydrogens (tertiary/aromatic N) is 3. The number of allylic oxidation sites excluding steroid dienone is 2. The third kappa shape index (κ3) is 4.83. The van der Waals surface area contributed by atoms with Crippen molar-refractivity contribution in [1.82, 2.24) is 9.97 Å². The second kappa shape index (κ2) is 12.6. The largest absolute Gasteiger partial charge is 0.454 e. The lowest BCUT2D eigenvalue weighted by molar-refractivity contribution is 0.664. The first kappa shape index (κ1) is 32.7. The summed E-state index contributed by atoms with van der Waals surface area (Å²) in [6.45, 7) is 0.